The molecular weight excluding hydrogens is 262 g/mol. The molecule has 0 spiro atoms. The molecule has 2 rings (SSSR count). The van der Waals surface area contributed by atoms with E-state index in [1.807, 2.05) is 25.1 Å². The molecule has 5 heteroatoms. The second-order valence-corrected chi connectivity index (χ2v) is 5.23. The van der Waals surface area contributed by atoms with E-state index in [0.29, 0.717) is 0 Å². The molecule has 4 nitrogen and oxygen atoms in total. The van der Waals surface area contributed by atoms with Gasteiger partial charge in [-0.3, -0.25) is 9.69 Å². The van der Waals surface area contributed by atoms with Crippen molar-refractivity contribution in [2.75, 3.05) is 38.1 Å². The van der Waals surface area contributed by atoms with Gasteiger partial charge >= 0.3 is 0 Å². The average molecular weight is 282 g/mol. The molecule has 1 aromatic rings. The van der Waals surface area contributed by atoms with Gasteiger partial charge in [-0.15, -0.1) is 0 Å². The predicted molar refractivity (Wildman–Crippen MR) is 78.8 cm³/mol. The van der Waals surface area contributed by atoms with E-state index < -0.39 is 0 Å². The van der Waals surface area contributed by atoms with Crippen LogP contribution >= 0.6 is 11.6 Å². The Kier molecular flexibility index (Phi) is 4.66. The molecule has 1 aliphatic heterocycles. The molecule has 0 aromatic heterocycles. The number of carbonyl (C=O) groups excluding carboxylic acids is 1. The zero-order valence-electron chi connectivity index (χ0n) is 11.4. The molecule has 1 heterocycles. The predicted octanol–water partition coefficient (Wildman–Crippen LogP) is 1.60. The standard InChI is InChI=1S/C14H20ClN3O/c1-11(14(19)16-2)17-6-8-18(9-7-17)13-5-3-4-12(15)10-13/h3-5,10-11H,6-9H2,1-2H3,(H,16,19)/t11-/m0/s1. The summed E-state index contributed by atoms with van der Waals surface area (Å²) in [6.45, 7) is 5.57. The van der Waals surface area contributed by atoms with Crippen LogP contribution in [0.4, 0.5) is 5.69 Å². The monoisotopic (exact) mass is 281 g/mol. The second kappa shape index (κ2) is 6.26. The zero-order chi connectivity index (χ0) is 13.8. The van der Waals surface area contributed by atoms with Crippen LogP contribution in [-0.2, 0) is 4.79 Å². The van der Waals surface area contributed by atoms with Crippen molar-refractivity contribution in [2.24, 2.45) is 0 Å². The lowest BCUT2D eigenvalue weighted by Crippen LogP contribution is -2.53. The molecule has 104 valence electrons. The SMILES string of the molecule is CNC(=O)[C@H](C)N1CCN(c2cccc(Cl)c2)CC1. The summed E-state index contributed by atoms with van der Waals surface area (Å²) in [6, 6.07) is 7.85. The third-order valence-electron chi connectivity index (χ3n) is 3.66. The number of hydrogen-bond acceptors (Lipinski definition) is 3. The smallest absolute Gasteiger partial charge is 0.236 e. The molecule has 1 fully saturated rings. The minimum Gasteiger partial charge on any atom is -0.369 e. The number of rotatable bonds is 3. The molecule has 1 N–H and O–H groups in total. The summed E-state index contributed by atoms with van der Waals surface area (Å²) in [5, 5.41) is 3.46. The molecule has 0 aliphatic carbocycles. The third-order valence-corrected chi connectivity index (χ3v) is 3.90. The Morgan fingerprint density at radius 1 is 1.32 bits per heavy atom. The van der Waals surface area contributed by atoms with Crippen molar-refractivity contribution >= 4 is 23.2 Å². The third kappa shape index (κ3) is 3.39. The van der Waals surface area contributed by atoms with Crippen LogP contribution in [0.15, 0.2) is 24.3 Å². The Labute approximate surface area is 119 Å². The first-order chi connectivity index (χ1) is 9.11. The number of amides is 1. The summed E-state index contributed by atoms with van der Waals surface area (Å²) in [5.74, 6) is 0.0798. The Balaban J connectivity index is 1.94. The molecule has 19 heavy (non-hydrogen) atoms. The highest BCUT2D eigenvalue weighted by molar-refractivity contribution is 6.30. The molecule has 0 bridgehead atoms. The molecule has 0 saturated carbocycles. The molecule has 1 aliphatic rings. The maximum absolute atomic E-state index is 11.6. The van der Waals surface area contributed by atoms with Gasteiger partial charge in [-0.1, -0.05) is 17.7 Å². The molecule has 1 atom stereocenters. The van der Waals surface area contributed by atoms with Crippen molar-refractivity contribution < 1.29 is 4.79 Å². The quantitative estimate of drug-likeness (QED) is 0.914. The van der Waals surface area contributed by atoms with Gasteiger partial charge in [0.15, 0.2) is 0 Å². The van der Waals surface area contributed by atoms with Gasteiger partial charge in [-0.2, -0.15) is 0 Å². The molecule has 0 unspecified atom stereocenters. The summed E-state index contributed by atoms with van der Waals surface area (Å²) in [5.41, 5.74) is 1.15. The Bertz CT molecular complexity index is 444. The number of hydrogen-bond donors (Lipinski definition) is 1. The van der Waals surface area contributed by atoms with Gasteiger partial charge in [0.1, 0.15) is 0 Å². The maximum atomic E-state index is 11.6. The number of likely N-dealkylation sites (N-methyl/N-ethyl adjacent to an activating group) is 1. The summed E-state index contributed by atoms with van der Waals surface area (Å²) in [7, 11) is 1.68. The lowest BCUT2D eigenvalue weighted by atomic mass is 10.2. The summed E-state index contributed by atoms with van der Waals surface area (Å²) >= 11 is 6.01. The summed E-state index contributed by atoms with van der Waals surface area (Å²) < 4.78 is 0. The van der Waals surface area contributed by atoms with Crippen molar-refractivity contribution in [3.8, 4) is 0 Å². The fraction of sp³-hybridized carbons (Fsp3) is 0.500. The topological polar surface area (TPSA) is 35.6 Å². The van der Waals surface area contributed by atoms with Crippen LogP contribution in [-0.4, -0.2) is 50.1 Å². The number of nitrogens with zero attached hydrogens (tertiary/aromatic N) is 2. The number of benzene rings is 1. The zero-order valence-corrected chi connectivity index (χ0v) is 12.2. The van der Waals surface area contributed by atoms with Crippen LogP contribution < -0.4 is 10.2 Å². The first kappa shape index (κ1) is 14.2. The molecule has 1 aromatic carbocycles. The van der Waals surface area contributed by atoms with Gasteiger partial charge in [0.05, 0.1) is 6.04 Å². The van der Waals surface area contributed by atoms with Crippen LogP contribution in [0.1, 0.15) is 6.92 Å². The highest BCUT2D eigenvalue weighted by Crippen LogP contribution is 2.21. The number of nitrogens with one attached hydrogen (secondary N) is 1. The van der Waals surface area contributed by atoms with Gasteiger partial charge in [0.2, 0.25) is 5.91 Å². The van der Waals surface area contributed by atoms with Crippen LogP contribution in [0.25, 0.3) is 0 Å². The van der Waals surface area contributed by atoms with Gasteiger partial charge < -0.3 is 10.2 Å². The van der Waals surface area contributed by atoms with E-state index in [9.17, 15) is 4.79 Å². The number of piperazine rings is 1. The van der Waals surface area contributed by atoms with Crippen molar-refractivity contribution in [3.05, 3.63) is 29.3 Å². The largest absolute Gasteiger partial charge is 0.369 e. The van der Waals surface area contributed by atoms with Gasteiger partial charge in [-0.25, -0.2) is 0 Å². The van der Waals surface area contributed by atoms with Crippen LogP contribution in [0.3, 0.4) is 0 Å². The van der Waals surface area contributed by atoms with Crippen molar-refractivity contribution in [1.82, 2.24) is 10.2 Å². The van der Waals surface area contributed by atoms with Crippen LogP contribution in [0.5, 0.6) is 0 Å². The first-order valence-electron chi connectivity index (χ1n) is 6.58. The van der Waals surface area contributed by atoms with Gasteiger partial charge in [0, 0.05) is 43.9 Å². The molecule has 1 saturated heterocycles. The number of halogens is 1. The minimum atomic E-state index is -0.0634. The van der Waals surface area contributed by atoms with Crippen LogP contribution in [0, 0.1) is 0 Å². The fourth-order valence-electron chi connectivity index (χ4n) is 2.41. The second-order valence-electron chi connectivity index (χ2n) is 4.79. The lowest BCUT2D eigenvalue weighted by molar-refractivity contribution is -0.125. The Morgan fingerprint density at radius 2 is 2.00 bits per heavy atom. The summed E-state index contributed by atoms with van der Waals surface area (Å²) in [6.07, 6.45) is 0. The number of anilines is 1. The molecular formula is C14H20ClN3O. The molecule has 0 radical (unpaired) electrons. The summed E-state index contributed by atoms with van der Waals surface area (Å²) in [4.78, 5) is 16.1. The average Bonchev–Trinajstić information content (AvgIpc) is 2.46. The Hall–Kier alpha value is -1.26. The van der Waals surface area contributed by atoms with E-state index in [1.54, 1.807) is 7.05 Å². The van der Waals surface area contributed by atoms with Crippen molar-refractivity contribution in [3.63, 3.8) is 0 Å². The number of carbonyl (C=O) groups is 1. The highest BCUT2D eigenvalue weighted by atomic mass is 35.5. The van der Waals surface area contributed by atoms with Crippen LogP contribution in [0.2, 0.25) is 5.02 Å². The normalized spacial score (nSPS) is 18.2. The van der Waals surface area contributed by atoms with Crippen molar-refractivity contribution in [2.45, 2.75) is 13.0 Å². The van der Waals surface area contributed by atoms with E-state index >= 15 is 0 Å². The maximum Gasteiger partial charge on any atom is 0.236 e. The lowest BCUT2D eigenvalue weighted by Gasteiger charge is -2.38. The van der Waals surface area contributed by atoms with E-state index in [1.165, 1.54) is 0 Å². The van der Waals surface area contributed by atoms with Gasteiger partial charge in [0.25, 0.3) is 0 Å². The van der Waals surface area contributed by atoms with E-state index in [-0.39, 0.29) is 11.9 Å². The van der Waals surface area contributed by atoms with E-state index in [4.69, 9.17) is 11.6 Å². The highest BCUT2D eigenvalue weighted by Gasteiger charge is 2.24. The van der Waals surface area contributed by atoms with E-state index in [2.05, 4.69) is 21.2 Å². The Morgan fingerprint density at radius 3 is 2.58 bits per heavy atom. The minimum absolute atomic E-state index is 0.0634. The van der Waals surface area contributed by atoms with Crippen molar-refractivity contribution in [1.29, 1.82) is 0 Å². The van der Waals surface area contributed by atoms with E-state index in [0.717, 1.165) is 36.9 Å². The fourth-order valence-corrected chi connectivity index (χ4v) is 2.60. The first-order valence-corrected chi connectivity index (χ1v) is 6.96. The van der Waals surface area contributed by atoms with Gasteiger partial charge in [-0.05, 0) is 25.1 Å². The molecule has 1 amide bonds.